The van der Waals surface area contributed by atoms with Crippen molar-refractivity contribution in [1.29, 1.82) is 0 Å². The van der Waals surface area contributed by atoms with Crippen LogP contribution in [0.3, 0.4) is 0 Å². The lowest BCUT2D eigenvalue weighted by Crippen LogP contribution is -2.35. The molecule has 1 amide bonds. The van der Waals surface area contributed by atoms with Gasteiger partial charge in [-0.05, 0) is 25.7 Å². The van der Waals surface area contributed by atoms with Crippen molar-refractivity contribution in [1.82, 2.24) is 5.32 Å². The van der Waals surface area contributed by atoms with Gasteiger partial charge in [0.05, 0.1) is 6.10 Å². The number of rotatable bonds is 6. The second-order valence-electron chi connectivity index (χ2n) is 4.76. The van der Waals surface area contributed by atoms with Crippen LogP contribution in [0.15, 0.2) is 5.16 Å². The molecule has 2 unspecified atom stereocenters. The van der Waals surface area contributed by atoms with Crippen LogP contribution in [0, 0.1) is 5.92 Å². The van der Waals surface area contributed by atoms with E-state index < -0.39 is 0 Å². The molecule has 0 radical (unpaired) electrons. The van der Waals surface area contributed by atoms with Crippen LogP contribution in [0.5, 0.6) is 0 Å². The van der Waals surface area contributed by atoms with Crippen molar-refractivity contribution in [3.8, 4) is 0 Å². The maximum atomic E-state index is 11.6. The van der Waals surface area contributed by atoms with E-state index in [4.69, 9.17) is 15.7 Å². The van der Waals surface area contributed by atoms with Gasteiger partial charge in [0, 0.05) is 25.5 Å². The highest BCUT2D eigenvalue weighted by molar-refractivity contribution is 5.83. The fraction of sp³-hybridized carbons (Fsp3) is 0.833. The number of ether oxygens (including phenoxy) is 1. The van der Waals surface area contributed by atoms with Crippen molar-refractivity contribution >= 4 is 11.7 Å². The first-order valence-electron chi connectivity index (χ1n) is 6.49. The van der Waals surface area contributed by atoms with Gasteiger partial charge >= 0.3 is 0 Å². The molecule has 1 aliphatic rings. The topological polar surface area (TPSA) is 96.9 Å². The minimum absolute atomic E-state index is 0.0123. The minimum atomic E-state index is -0.162. The minimum Gasteiger partial charge on any atom is -0.409 e. The van der Waals surface area contributed by atoms with E-state index in [0.717, 1.165) is 25.9 Å². The number of carbonyl (C=O) groups excluding carboxylic acids is 1. The number of nitrogens with two attached hydrogens (primary N) is 1. The van der Waals surface area contributed by atoms with E-state index in [2.05, 4.69) is 10.5 Å². The summed E-state index contributed by atoms with van der Waals surface area (Å²) in [4.78, 5) is 11.6. The second-order valence-corrected chi connectivity index (χ2v) is 4.76. The standard InChI is InChI=1S/C12H23N3O3/c1-9(12(13)15-17)8-14-11(16)6-5-10-4-2-3-7-18-10/h9-10,17H,2-8H2,1H3,(H2,13,15)(H,14,16). The molecule has 0 aromatic rings. The molecule has 0 spiro atoms. The lowest BCUT2D eigenvalue weighted by Gasteiger charge is -2.22. The highest BCUT2D eigenvalue weighted by Crippen LogP contribution is 2.16. The third-order valence-electron chi connectivity index (χ3n) is 3.19. The van der Waals surface area contributed by atoms with Crippen molar-refractivity contribution in [2.45, 2.75) is 45.1 Å². The average Bonchev–Trinajstić information content (AvgIpc) is 2.42. The van der Waals surface area contributed by atoms with Gasteiger partial charge in [0.1, 0.15) is 5.84 Å². The second kappa shape index (κ2) is 7.92. The summed E-state index contributed by atoms with van der Waals surface area (Å²) in [5, 5.41) is 14.2. The molecule has 0 aromatic heterocycles. The van der Waals surface area contributed by atoms with Gasteiger partial charge in [0.2, 0.25) is 5.91 Å². The molecule has 1 rings (SSSR count). The molecule has 1 aliphatic heterocycles. The Balaban J connectivity index is 2.13. The van der Waals surface area contributed by atoms with Gasteiger partial charge < -0.3 is 21.0 Å². The lowest BCUT2D eigenvalue weighted by molar-refractivity contribution is -0.122. The van der Waals surface area contributed by atoms with Gasteiger partial charge in [0.15, 0.2) is 0 Å². The molecule has 1 fully saturated rings. The summed E-state index contributed by atoms with van der Waals surface area (Å²) in [5.74, 6) is -0.0439. The van der Waals surface area contributed by atoms with Crippen LogP contribution < -0.4 is 11.1 Å². The molecule has 1 heterocycles. The molecular weight excluding hydrogens is 234 g/mol. The normalized spacial score (nSPS) is 22.5. The molecule has 4 N–H and O–H groups in total. The van der Waals surface area contributed by atoms with Crippen LogP contribution in [-0.2, 0) is 9.53 Å². The Bertz CT molecular complexity index is 288. The van der Waals surface area contributed by atoms with E-state index in [0.29, 0.717) is 13.0 Å². The molecule has 6 nitrogen and oxygen atoms in total. The predicted octanol–water partition coefficient (Wildman–Crippen LogP) is 0.834. The van der Waals surface area contributed by atoms with E-state index >= 15 is 0 Å². The van der Waals surface area contributed by atoms with Crippen molar-refractivity contribution in [2.75, 3.05) is 13.2 Å². The molecule has 104 valence electrons. The first kappa shape index (κ1) is 14.8. The molecule has 0 aliphatic carbocycles. The maximum absolute atomic E-state index is 11.6. The van der Waals surface area contributed by atoms with Gasteiger partial charge in [-0.15, -0.1) is 0 Å². The monoisotopic (exact) mass is 257 g/mol. The molecule has 2 atom stereocenters. The van der Waals surface area contributed by atoms with E-state index in [1.165, 1.54) is 6.42 Å². The van der Waals surface area contributed by atoms with Gasteiger partial charge in [-0.25, -0.2) is 0 Å². The summed E-state index contributed by atoms with van der Waals surface area (Å²) in [6.07, 6.45) is 4.82. The van der Waals surface area contributed by atoms with Gasteiger partial charge in [-0.3, -0.25) is 4.79 Å². The first-order valence-corrected chi connectivity index (χ1v) is 6.49. The molecule has 18 heavy (non-hydrogen) atoms. The number of carbonyl (C=O) groups is 1. The third kappa shape index (κ3) is 5.35. The zero-order valence-electron chi connectivity index (χ0n) is 10.9. The van der Waals surface area contributed by atoms with Crippen molar-refractivity contribution in [3.05, 3.63) is 0 Å². The van der Waals surface area contributed by atoms with Crippen molar-refractivity contribution in [2.24, 2.45) is 16.8 Å². The number of oxime groups is 1. The Morgan fingerprint density at radius 2 is 2.39 bits per heavy atom. The Labute approximate surface area is 108 Å². The van der Waals surface area contributed by atoms with Crippen LogP contribution in [-0.4, -0.2) is 36.2 Å². The van der Waals surface area contributed by atoms with E-state index in [-0.39, 0.29) is 23.8 Å². The van der Waals surface area contributed by atoms with Gasteiger partial charge in [-0.2, -0.15) is 0 Å². The fourth-order valence-corrected chi connectivity index (χ4v) is 1.89. The van der Waals surface area contributed by atoms with Crippen molar-refractivity contribution in [3.63, 3.8) is 0 Å². The van der Waals surface area contributed by atoms with E-state index in [1.54, 1.807) is 6.92 Å². The first-order chi connectivity index (χ1) is 8.63. The molecule has 0 bridgehead atoms. The Morgan fingerprint density at radius 3 is 3.00 bits per heavy atom. The van der Waals surface area contributed by atoms with Crippen LogP contribution in [0.25, 0.3) is 0 Å². The number of amidine groups is 1. The summed E-state index contributed by atoms with van der Waals surface area (Å²) >= 11 is 0. The van der Waals surface area contributed by atoms with Crippen LogP contribution in [0.2, 0.25) is 0 Å². The fourth-order valence-electron chi connectivity index (χ4n) is 1.89. The summed E-state index contributed by atoms with van der Waals surface area (Å²) in [6.45, 7) is 2.99. The van der Waals surface area contributed by atoms with E-state index in [9.17, 15) is 4.79 Å². The average molecular weight is 257 g/mol. The Hall–Kier alpha value is -1.30. The predicted molar refractivity (Wildman–Crippen MR) is 68.4 cm³/mol. The smallest absolute Gasteiger partial charge is 0.220 e. The zero-order valence-corrected chi connectivity index (χ0v) is 10.9. The largest absolute Gasteiger partial charge is 0.409 e. The summed E-state index contributed by atoms with van der Waals surface area (Å²) in [7, 11) is 0. The number of hydrogen-bond donors (Lipinski definition) is 3. The summed E-state index contributed by atoms with van der Waals surface area (Å²) in [6, 6.07) is 0. The number of nitrogens with one attached hydrogen (secondary N) is 1. The number of amides is 1. The lowest BCUT2D eigenvalue weighted by atomic mass is 10.0. The highest BCUT2D eigenvalue weighted by Gasteiger charge is 2.15. The molecule has 6 heteroatoms. The zero-order chi connectivity index (χ0) is 13.4. The van der Waals surface area contributed by atoms with Crippen molar-refractivity contribution < 1.29 is 14.7 Å². The molecule has 1 saturated heterocycles. The summed E-state index contributed by atoms with van der Waals surface area (Å²) in [5.41, 5.74) is 5.42. The molecule has 0 aromatic carbocycles. The highest BCUT2D eigenvalue weighted by atomic mass is 16.5. The SMILES string of the molecule is CC(CNC(=O)CCC1CCCCO1)C(N)=NO. The maximum Gasteiger partial charge on any atom is 0.220 e. The Kier molecular flexibility index (Phi) is 6.49. The number of hydrogen-bond acceptors (Lipinski definition) is 4. The summed E-state index contributed by atoms with van der Waals surface area (Å²) < 4.78 is 5.56. The van der Waals surface area contributed by atoms with E-state index in [1.807, 2.05) is 0 Å². The third-order valence-corrected chi connectivity index (χ3v) is 3.19. The van der Waals surface area contributed by atoms with Crippen LogP contribution in [0.4, 0.5) is 0 Å². The van der Waals surface area contributed by atoms with Gasteiger partial charge in [0.25, 0.3) is 0 Å². The van der Waals surface area contributed by atoms with Gasteiger partial charge in [-0.1, -0.05) is 12.1 Å². The van der Waals surface area contributed by atoms with Crippen LogP contribution >= 0.6 is 0 Å². The molecule has 0 saturated carbocycles. The molecular formula is C12H23N3O3. The quantitative estimate of drug-likeness (QED) is 0.284. The van der Waals surface area contributed by atoms with Crippen LogP contribution in [0.1, 0.15) is 39.0 Å². The number of nitrogens with zero attached hydrogens (tertiary/aromatic N) is 1. The Morgan fingerprint density at radius 1 is 1.61 bits per heavy atom.